The number of allylic oxidation sites excluding steroid dienone is 4. The van der Waals surface area contributed by atoms with Crippen molar-refractivity contribution in [1.82, 2.24) is 5.16 Å². The molecular formula is C9H7NO. The molecule has 0 saturated carbocycles. The smallest absolute Gasteiger partial charge is 0.166 e. The number of hydrogen-bond donors (Lipinski definition) is 0. The lowest BCUT2D eigenvalue weighted by molar-refractivity contribution is 0.412. The fourth-order valence-corrected chi connectivity index (χ4v) is 0.939. The van der Waals surface area contributed by atoms with Gasteiger partial charge in [0.15, 0.2) is 5.76 Å². The molecule has 1 heterocycles. The Morgan fingerprint density at radius 1 is 1.00 bits per heavy atom. The van der Waals surface area contributed by atoms with E-state index in [1.807, 2.05) is 36.5 Å². The van der Waals surface area contributed by atoms with Gasteiger partial charge in [0.1, 0.15) is 0 Å². The molecule has 0 aromatic carbocycles. The quantitative estimate of drug-likeness (QED) is 0.559. The van der Waals surface area contributed by atoms with Crippen molar-refractivity contribution >= 4 is 12.2 Å². The maximum Gasteiger partial charge on any atom is 0.166 e. The zero-order valence-electron chi connectivity index (χ0n) is 5.90. The third-order valence-electron chi connectivity index (χ3n) is 1.48. The molecule has 0 bridgehead atoms. The summed E-state index contributed by atoms with van der Waals surface area (Å²) in [5.74, 6) is 0.811. The summed E-state index contributed by atoms with van der Waals surface area (Å²) in [5, 5.41) is 3.68. The van der Waals surface area contributed by atoms with E-state index in [4.69, 9.17) is 4.52 Å². The minimum Gasteiger partial charge on any atom is -0.356 e. The SMILES string of the molecule is C1=C\C=C/c2oncc2\C=C/1. The lowest BCUT2D eigenvalue weighted by Crippen LogP contribution is -1.71. The molecule has 0 amide bonds. The Hall–Kier alpha value is -1.57. The van der Waals surface area contributed by atoms with Crippen LogP contribution in [0.25, 0.3) is 12.2 Å². The van der Waals surface area contributed by atoms with Crippen molar-refractivity contribution in [2.75, 3.05) is 0 Å². The van der Waals surface area contributed by atoms with Crippen LogP contribution in [0.3, 0.4) is 0 Å². The van der Waals surface area contributed by atoms with Crippen LogP contribution < -0.4 is 0 Å². The highest BCUT2D eigenvalue weighted by Gasteiger charge is 1.99. The molecule has 54 valence electrons. The Morgan fingerprint density at radius 2 is 1.82 bits per heavy atom. The molecule has 0 fully saturated rings. The molecule has 0 spiro atoms. The number of hydrogen-bond acceptors (Lipinski definition) is 2. The minimum atomic E-state index is 0.811. The predicted molar refractivity (Wildman–Crippen MR) is 43.7 cm³/mol. The first-order valence-electron chi connectivity index (χ1n) is 3.43. The Morgan fingerprint density at radius 3 is 2.73 bits per heavy atom. The summed E-state index contributed by atoms with van der Waals surface area (Å²) < 4.78 is 4.97. The Kier molecular flexibility index (Phi) is 1.44. The third-order valence-corrected chi connectivity index (χ3v) is 1.48. The average Bonchev–Trinajstić information content (AvgIpc) is 2.35. The van der Waals surface area contributed by atoms with E-state index in [0.717, 1.165) is 11.3 Å². The average molecular weight is 145 g/mol. The molecule has 0 radical (unpaired) electrons. The van der Waals surface area contributed by atoms with Crippen molar-refractivity contribution < 1.29 is 4.52 Å². The first-order valence-corrected chi connectivity index (χ1v) is 3.43. The van der Waals surface area contributed by atoms with E-state index >= 15 is 0 Å². The molecule has 2 nitrogen and oxygen atoms in total. The molecule has 0 saturated heterocycles. The van der Waals surface area contributed by atoms with Crippen LogP contribution in [0.1, 0.15) is 11.3 Å². The number of nitrogens with zero attached hydrogens (tertiary/aromatic N) is 1. The summed E-state index contributed by atoms with van der Waals surface area (Å²) in [6, 6.07) is 0. The molecule has 11 heavy (non-hydrogen) atoms. The largest absolute Gasteiger partial charge is 0.356 e. The van der Waals surface area contributed by atoms with Crippen molar-refractivity contribution in [1.29, 1.82) is 0 Å². The van der Waals surface area contributed by atoms with E-state index in [0.29, 0.717) is 0 Å². The zero-order chi connectivity index (χ0) is 7.52. The molecule has 2 heteroatoms. The van der Waals surface area contributed by atoms with Gasteiger partial charge in [0.2, 0.25) is 0 Å². The van der Waals surface area contributed by atoms with Crippen molar-refractivity contribution in [2.24, 2.45) is 0 Å². The van der Waals surface area contributed by atoms with Crippen molar-refractivity contribution in [2.45, 2.75) is 0 Å². The maximum absolute atomic E-state index is 4.97. The highest BCUT2D eigenvalue weighted by atomic mass is 16.5. The molecular weight excluding hydrogens is 138 g/mol. The Balaban J connectivity index is 2.52. The van der Waals surface area contributed by atoms with Crippen molar-refractivity contribution in [3.8, 4) is 0 Å². The predicted octanol–water partition coefficient (Wildman–Crippen LogP) is 2.27. The van der Waals surface area contributed by atoms with E-state index in [2.05, 4.69) is 5.16 Å². The number of fused-ring (bicyclic) bond motifs is 1. The lowest BCUT2D eigenvalue weighted by atomic mass is 10.2. The van der Waals surface area contributed by atoms with Gasteiger partial charge in [-0.1, -0.05) is 29.5 Å². The molecule has 1 aliphatic carbocycles. The van der Waals surface area contributed by atoms with Gasteiger partial charge in [0.25, 0.3) is 0 Å². The van der Waals surface area contributed by atoms with Crippen LogP contribution in [0.2, 0.25) is 0 Å². The van der Waals surface area contributed by atoms with Crippen molar-refractivity contribution in [3.05, 3.63) is 41.8 Å². The fraction of sp³-hybridized carbons (Fsp3) is 0. The van der Waals surface area contributed by atoms with E-state index in [1.54, 1.807) is 6.20 Å². The van der Waals surface area contributed by atoms with Gasteiger partial charge in [0.05, 0.1) is 6.20 Å². The van der Waals surface area contributed by atoms with E-state index in [-0.39, 0.29) is 0 Å². The van der Waals surface area contributed by atoms with Crippen LogP contribution in [0, 0.1) is 0 Å². The van der Waals surface area contributed by atoms with Gasteiger partial charge in [-0.05, 0) is 12.2 Å². The molecule has 1 aromatic heterocycles. The summed E-state index contributed by atoms with van der Waals surface area (Å²) in [4.78, 5) is 0. The van der Waals surface area contributed by atoms with Gasteiger partial charge < -0.3 is 4.52 Å². The van der Waals surface area contributed by atoms with Crippen LogP contribution in [-0.4, -0.2) is 5.16 Å². The van der Waals surface area contributed by atoms with Crippen LogP contribution >= 0.6 is 0 Å². The summed E-state index contributed by atoms with van der Waals surface area (Å²) in [6.07, 6.45) is 13.4. The summed E-state index contributed by atoms with van der Waals surface area (Å²) in [6.45, 7) is 0. The summed E-state index contributed by atoms with van der Waals surface area (Å²) >= 11 is 0. The summed E-state index contributed by atoms with van der Waals surface area (Å²) in [7, 11) is 0. The first kappa shape index (κ1) is 6.16. The van der Waals surface area contributed by atoms with E-state index in [1.165, 1.54) is 0 Å². The lowest BCUT2D eigenvalue weighted by Gasteiger charge is -1.88. The Labute approximate surface area is 64.5 Å². The van der Waals surface area contributed by atoms with Crippen molar-refractivity contribution in [3.63, 3.8) is 0 Å². The second kappa shape index (κ2) is 2.58. The second-order valence-electron chi connectivity index (χ2n) is 2.25. The molecule has 0 aliphatic heterocycles. The highest BCUT2D eigenvalue weighted by Crippen LogP contribution is 2.13. The van der Waals surface area contributed by atoms with Crippen LogP contribution in [0.5, 0.6) is 0 Å². The maximum atomic E-state index is 4.97. The molecule has 2 rings (SSSR count). The number of rotatable bonds is 0. The molecule has 1 aromatic rings. The fourth-order valence-electron chi connectivity index (χ4n) is 0.939. The molecule has 0 atom stereocenters. The molecule has 1 aliphatic rings. The number of aromatic nitrogens is 1. The van der Waals surface area contributed by atoms with Gasteiger partial charge in [-0.2, -0.15) is 0 Å². The minimum absolute atomic E-state index is 0.811. The topological polar surface area (TPSA) is 26.0 Å². The first-order chi connectivity index (χ1) is 5.47. The van der Waals surface area contributed by atoms with Gasteiger partial charge in [-0.15, -0.1) is 0 Å². The Bertz CT molecular complexity index is 301. The monoisotopic (exact) mass is 145 g/mol. The molecule has 0 unspecified atom stereocenters. The second-order valence-corrected chi connectivity index (χ2v) is 2.25. The zero-order valence-corrected chi connectivity index (χ0v) is 5.90. The van der Waals surface area contributed by atoms with Gasteiger partial charge in [-0.3, -0.25) is 0 Å². The van der Waals surface area contributed by atoms with Gasteiger partial charge in [0, 0.05) is 5.56 Å². The standard InChI is InChI=1S/C9H7NO/c1-2-4-6-9-8(5-3-1)7-10-11-9/h1-7H/b2-1-,3-1?,4-2?,5-3-,6-4-,8-5?,9-6?. The van der Waals surface area contributed by atoms with Crippen LogP contribution in [0.4, 0.5) is 0 Å². The van der Waals surface area contributed by atoms with Crippen LogP contribution in [-0.2, 0) is 0 Å². The van der Waals surface area contributed by atoms with Gasteiger partial charge in [-0.25, -0.2) is 0 Å². The van der Waals surface area contributed by atoms with E-state index in [9.17, 15) is 0 Å². The summed E-state index contributed by atoms with van der Waals surface area (Å²) in [5.41, 5.74) is 1.02. The van der Waals surface area contributed by atoms with E-state index < -0.39 is 0 Å². The third kappa shape index (κ3) is 1.15. The highest BCUT2D eigenvalue weighted by molar-refractivity contribution is 5.63. The molecule has 0 N–H and O–H groups in total. The normalized spacial score (nSPS) is 22.9. The van der Waals surface area contributed by atoms with Crippen LogP contribution in [0.15, 0.2) is 35.0 Å². The van der Waals surface area contributed by atoms with Gasteiger partial charge >= 0.3 is 0 Å².